The fourth-order valence-corrected chi connectivity index (χ4v) is 4.75. The average Bonchev–Trinajstić information content (AvgIpc) is 3.24. The standard InChI is InChI=1S/C20H27N5O5S2/c1-25(2)32(28,29)16-10-8-14(9-11-16)19(27)21-12-18-23-24-20(30-18)31-13-17(26)22-15-6-4-3-5-7-15/h8-11,15H,3-7,12-13H2,1-2H3,(H,21,27)(H,22,26). The van der Waals surface area contributed by atoms with Crippen molar-refractivity contribution in [3.63, 3.8) is 0 Å². The first-order chi connectivity index (χ1) is 15.3. The van der Waals surface area contributed by atoms with Gasteiger partial charge in [-0.3, -0.25) is 9.59 Å². The number of carbonyl (C=O) groups excluding carboxylic acids is 2. The summed E-state index contributed by atoms with van der Waals surface area (Å²) in [7, 11) is -0.673. The van der Waals surface area contributed by atoms with Gasteiger partial charge < -0.3 is 15.1 Å². The van der Waals surface area contributed by atoms with Crippen molar-refractivity contribution in [2.45, 2.75) is 54.8 Å². The molecule has 0 aliphatic heterocycles. The minimum absolute atomic E-state index is 0.0123. The molecule has 1 saturated carbocycles. The number of rotatable bonds is 9. The van der Waals surface area contributed by atoms with Crippen LogP contribution in [0.2, 0.25) is 0 Å². The SMILES string of the molecule is CN(C)S(=O)(=O)c1ccc(C(=O)NCc2nnc(SCC(=O)NC3CCCCC3)o2)cc1. The Morgan fingerprint density at radius 2 is 1.81 bits per heavy atom. The Kier molecular flexibility index (Phi) is 8.26. The van der Waals surface area contributed by atoms with Gasteiger partial charge in [0.1, 0.15) is 0 Å². The highest BCUT2D eigenvalue weighted by molar-refractivity contribution is 7.99. The number of nitrogens with one attached hydrogen (secondary N) is 2. The monoisotopic (exact) mass is 481 g/mol. The van der Waals surface area contributed by atoms with Crippen molar-refractivity contribution in [3.05, 3.63) is 35.7 Å². The molecule has 12 heteroatoms. The Labute approximate surface area is 191 Å². The fourth-order valence-electron chi connectivity index (χ4n) is 3.26. The molecular weight excluding hydrogens is 454 g/mol. The summed E-state index contributed by atoms with van der Waals surface area (Å²) in [5.74, 6) is -0.0692. The second-order valence-corrected chi connectivity index (χ2v) is 10.7. The van der Waals surface area contributed by atoms with Gasteiger partial charge in [0.25, 0.3) is 11.1 Å². The molecule has 32 heavy (non-hydrogen) atoms. The zero-order chi connectivity index (χ0) is 23.1. The van der Waals surface area contributed by atoms with E-state index in [2.05, 4.69) is 20.8 Å². The number of sulfonamides is 1. The summed E-state index contributed by atoms with van der Waals surface area (Å²) in [5.41, 5.74) is 0.302. The van der Waals surface area contributed by atoms with E-state index in [0.29, 0.717) is 5.56 Å². The summed E-state index contributed by atoms with van der Waals surface area (Å²) < 4.78 is 30.7. The van der Waals surface area contributed by atoms with Gasteiger partial charge in [0.2, 0.25) is 21.8 Å². The van der Waals surface area contributed by atoms with E-state index < -0.39 is 15.9 Å². The molecule has 2 N–H and O–H groups in total. The molecule has 0 unspecified atom stereocenters. The van der Waals surface area contributed by atoms with Crippen LogP contribution in [0.1, 0.15) is 48.4 Å². The smallest absolute Gasteiger partial charge is 0.277 e. The highest BCUT2D eigenvalue weighted by Gasteiger charge is 2.19. The molecule has 10 nitrogen and oxygen atoms in total. The van der Waals surface area contributed by atoms with Gasteiger partial charge in [-0.15, -0.1) is 10.2 Å². The van der Waals surface area contributed by atoms with Gasteiger partial charge in [-0.25, -0.2) is 12.7 Å². The summed E-state index contributed by atoms with van der Waals surface area (Å²) in [5, 5.41) is 13.7. The summed E-state index contributed by atoms with van der Waals surface area (Å²) in [6.45, 7) is 0.0123. The third-order valence-corrected chi connectivity index (χ3v) is 7.69. The van der Waals surface area contributed by atoms with Crippen LogP contribution in [0.25, 0.3) is 0 Å². The summed E-state index contributed by atoms with van der Waals surface area (Å²) in [6.07, 6.45) is 5.57. The lowest BCUT2D eigenvalue weighted by Gasteiger charge is -2.22. The molecule has 174 valence electrons. The van der Waals surface area contributed by atoms with Gasteiger partial charge in [0, 0.05) is 25.7 Å². The maximum atomic E-state index is 12.3. The maximum Gasteiger partial charge on any atom is 0.277 e. The van der Waals surface area contributed by atoms with Gasteiger partial charge in [-0.05, 0) is 37.1 Å². The minimum Gasteiger partial charge on any atom is -0.414 e. The lowest BCUT2D eigenvalue weighted by molar-refractivity contribution is -0.119. The molecule has 3 rings (SSSR count). The van der Waals surface area contributed by atoms with Crippen LogP contribution in [0.5, 0.6) is 0 Å². The predicted octanol–water partition coefficient (Wildman–Crippen LogP) is 1.79. The van der Waals surface area contributed by atoms with Gasteiger partial charge >= 0.3 is 0 Å². The Morgan fingerprint density at radius 1 is 1.12 bits per heavy atom. The van der Waals surface area contributed by atoms with Crippen molar-refractivity contribution in [1.29, 1.82) is 0 Å². The van der Waals surface area contributed by atoms with E-state index in [-0.39, 0.29) is 40.3 Å². The lowest BCUT2D eigenvalue weighted by Crippen LogP contribution is -2.37. The first-order valence-corrected chi connectivity index (χ1v) is 12.7. The molecule has 2 amide bonds. The van der Waals surface area contributed by atoms with Crippen LogP contribution in [-0.2, 0) is 21.4 Å². The van der Waals surface area contributed by atoms with E-state index in [9.17, 15) is 18.0 Å². The van der Waals surface area contributed by atoms with Crippen molar-refractivity contribution in [2.24, 2.45) is 0 Å². The molecule has 1 aliphatic carbocycles. The average molecular weight is 482 g/mol. The molecule has 2 aromatic rings. The number of nitrogens with zero attached hydrogens (tertiary/aromatic N) is 3. The van der Waals surface area contributed by atoms with Crippen LogP contribution in [0.4, 0.5) is 0 Å². The molecule has 0 atom stereocenters. The number of carbonyl (C=O) groups is 2. The Balaban J connectivity index is 1.45. The van der Waals surface area contributed by atoms with Crippen LogP contribution in [0, 0.1) is 0 Å². The van der Waals surface area contributed by atoms with Gasteiger partial charge in [-0.1, -0.05) is 31.0 Å². The van der Waals surface area contributed by atoms with E-state index >= 15 is 0 Å². The normalized spacial score (nSPS) is 15.0. The molecule has 0 saturated heterocycles. The largest absolute Gasteiger partial charge is 0.414 e. The van der Waals surface area contributed by atoms with Crippen molar-refractivity contribution < 1.29 is 22.4 Å². The minimum atomic E-state index is -3.55. The molecule has 0 bridgehead atoms. The third kappa shape index (κ3) is 6.53. The van der Waals surface area contributed by atoms with Gasteiger partial charge in [-0.2, -0.15) is 0 Å². The Morgan fingerprint density at radius 3 is 2.47 bits per heavy atom. The number of hydrogen-bond donors (Lipinski definition) is 2. The lowest BCUT2D eigenvalue weighted by atomic mass is 9.95. The number of thioether (sulfide) groups is 1. The second kappa shape index (κ2) is 10.9. The molecule has 1 fully saturated rings. The third-order valence-electron chi connectivity index (χ3n) is 5.04. The van der Waals surface area contributed by atoms with Gasteiger partial charge in [0.05, 0.1) is 17.2 Å². The van der Waals surface area contributed by atoms with Crippen LogP contribution in [-0.4, -0.2) is 60.6 Å². The Bertz CT molecular complexity index is 1030. The number of benzene rings is 1. The van der Waals surface area contributed by atoms with E-state index in [4.69, 9.17) is 4.42 Å². The van der Waals surface area contributed by atoms with Crippen molar-refractivity contribution in [1.82, 2.24) is 25.1 Å². The quantitative estimate of drug-likeness (QED) is 0.518. The topological polar surface area (TPSA) is 134 Å². The van der Waals surface area contributed by atoms with E-state index in [1.54, 1.807) is 0 Å². The molecule has 1 heterocycles. The zero-order valence-electron chi connectivity index (χ0n) is 18.0. The second-order valence-electron chi connectivity index (χ2n) is 7.65. The fraction of sp³-hybridized carbons (Fsp3) is 0.500. The summed E-state index contributed by atoms with van der Waals surface area (Å²) in [4.78, 5) is 24.5. The highest BCUT2D eigenvalue weighted by Crippen LogP contribution is 2.19. The van der Waals surface area contributed by atoms with Crippen LogP contribution in [0.15, 0.2) is 38.8 Å². The highest BCUT2D eigenvalue weighted by atomic mass is 32.2. The Hall–Kier alpha value is -2.44. The molecule has 1 aromatic heterocycles. The predicted molar refractivity (Wildman–Crippen MR) is 119 cm³/mol. The molecule has 1 aromatic carbocycles. The number of amides is 2. The van der Waals surface area contributed by atoms with E-state index in [1.165, 1.54) is 44.8 Å². The van der Waals surface area contributed by atoms with E-state index in [0.717, 1.165) is 41.8 Å². The van der Waals surface area contributed by atoms with Crippen LogP contribution >= 0.6 is 11.8 Å². The van der Waals surface area contributed by atoms with Crippen LogP contribution in [0.3, 0.4) is 0 Å². The maximum absolute atomic E-state index is 12.3. The van der Waals surface area contributed by atoms with E-state index in [1.807, 2.05) is 0 Å². The summed E-state index contributed by atoms with van der Waals surface area (Å²) in [6, 6.07) is 5.88. The molecule has 0 radical (unpaired) electrons. The van der Waals surface area contributed by atoms with Crippen molar-refractivity contribution >= 4 is 33.6 Å². The molecular formula is C20H27N5O5S2. The first-order valence-electron chi connectivity index (χ1n) is 10.3. The van der Waals surface area contributed by atoms with Gasteiger partial charge in [0.15, 0.2) is 0 Å². The first kappa shape index (κ1) is 24.2. The summed E-state index contributed by atoms with van der Waals surface area (Å²) >= 11 is 1.15. The number of aromatic nitrogens is 2. The zero-order valence-corrected chi connectivity index (χ0v) is 19.7. The van der Waals surface area contributed by atoms with Crippen LogP contribution < -0.4 is 10.6 Å². The van der Waals surface area contributed by atoms with Crippen molar-refractivity contribution in [3.8, 4) is 0 Å². The molecule has 1 aliphatic rings. The molecule has 0 spiro atoms. The van der Waals surface area contributed by atoms with Crippen molar-refractivity contribution in [2.75, 3.05) is 19.8 Å². The number of hydrogen-bond acceptors (Lipinski definition) is 8.